The van der Waals surface area contributed by atoms with Gasteiger partial charge in [-0.05, 0) is 20.8 Å². The smallest absolute Gasteiger partial charge is 0.432 e. The van der Waals surface area contributed by atoms with Crippen LogP contribution >= 0.6 is 8.25 Å². The van der Waals surface area contributed by atoms with Crippen LogP contribution < -0.4 is 5.73 Å². The summed E-state index contributed by atoms with van der Waals surface area (Å²) < 4.78 is 53.3. The van der Waals surface area contributed by atoms with Crippen LogP contribution in [0.5, 0.6) is 0 Å². The van der Waals surface area contributed by atoms with Crippen molar-refractivity contribution in [1.29, 1.82) is 5.26 Å². The van der Waals surface area contributed by atoms with Crippen molar-refractivity contribution in [2.45, 2.75) is 50.4 Å². The molecule has 180 valence electrons. The number of hydrogen-bond acceptors (Lipinski definition) is 13. The molecule has 0 aromatic carbocycles. The van der Waals surface area contributed by atoms with E-state index in [2.05, 4.69) is 19.8 Å². The third kappa shape index (κ3) is 4.61. The Morgan fingerprint density at radius 2 is 2.21 bits per heavy atom. The number of nitriles is 1. The number of aliphatic hydroxyl groups is 1. The lowest BCUT2D eigenvalue weighted by atomic mass is 9.82. The van der Waals surface area contributed by atoms with E-state index in [1.807, 2.05) is 0 Å². The van der Waals surface area contributed by atoms with E-state index in [0.717, 1.165) is 24.0 Å². The molecule has 3 heterocycles. The van der Waals surface area contributed by atoms with Crippen LogP contribution in [0.25, 0.3) is 5.65 Å². The van der Waals surface area contributed by atoms with Crippen LogP contribution in [0, 0.1) is 11.3 Å². The Hall–Kier alpha value is -2.89. The normalized spacial score (nSPS) is 28.0. The lowest BCUT2D eigenvalue weighted by molar-refractivity contribution is -0.0709. The number of nitrogen functional groups attached to an aromatic ring is 1. The number of carbonyl (C=O) groups is 1. The fraction of sp³-hybridized carbons (Fsp3) is 0.588. The monoisotopic (exact) mass is 488 g/mol. The zero-order valence-electron chi connectivity index (χ0n) is 17.8. The highest BCUT2D eigenvalue weighted by Gasteiger charge is 2.67. The van der Waals surface area contributed by atoms with Crippen molar-refractivity contribution in [2.24, 2.45) is 0 Å². The van der Waals surface area contributed by atoms with Crippen LogP contribution in [0.15, 0.2) is 12.5 Å². The first kappa shape index (κ1) is 24.7. The maximum Gasteiger partial charge on any atom is 0.510 e. The Balaban J connectivity index is 1.70. The van der Waals surface area contributed by atoms with Gasteiger partial charge in [-0.3, -0.25) is 9.09 Å². The average Bonchev–Trinajstić information content (AvgIpc) is 3.26. The van der Waals surface area contributed by atoms with Gasteiger partial charge in [-0.2, -0.15) is 10.4 Å². The first-order chi connectivity index (χ1) is 15.5. The number of rotatable bonds is 8. The van der Waals surface area contributed by atoms with Crippen molar-refractivity contribution >= 4 is 25.9 Å². The van der Waals surface area contributed by atoms with Crippen molar-refractivity contribution < 1.29 is 42.1 Å². The number of hydrogen-bond donors (Lipinski definition) is 2. The minimum Gasteiger partial charge on any atom is -0.432 e. The molecule has 0 radical (unpaired) electrons. The van der Waals surface area contributed by atoms with Gasteiger partial charge < -0.3 is 29.6 Å². The van der Waals surface area contributed by atoms with Gasteiger partial charge in [0.25, 0.3) is 0 Å². The molecule has 14 nitrogen and oxygen atoms in total. The van der Waals surface area contributed by atoms with E-state index >= 15 is 4.39 Å². The summed E-state index contributed by atoms with van der Waals surface area (Å²) >= 11 is 0. The van der Waals surface area contributed by atoms with E-state index in [9.17, 15) is 19.7 Å². The first-order valence-electron chi connectivity index (χ1n) is 9.57. The van der Waals surface area contributed by atoms with Gasteiger partial charge >= 0.3 is 14.4 Å². The Labute approximate surface area is 187 Å². The number of aromatic nitrogens is 4. The number of nitrogens with two attached hydrogens (primary N) is 1. The quantitative estimate of drug-likeness (QED) is 0.302. The summed E-state index contributed by atoms with van der Waals surface area (Å²) in [5.41, 5.74) is 0.634. The zero-order valence-corrected chi connectivity index (χ0v) is 18.8. The summed E-state index contributed by atoms with van der Waals surface area (Å²) in [6, 6.07) is 1.74. The molecule has 1 aliphatic heterocycles. The highest BCUT2D eigenvalue weighted by Crippen LogP contribution is 2.49. The van der Waals surface area contributed by atoms with Crippen molar-refractivity contribution in [2.75, 3.05) is 19.1 Å². The first-order valence-corrected chi connectivity index (χ1v) is 10.8. The van der Waals surface area contributed by atoms with Crippen molar-refractivity contribution in [1.82, 2.24) is 19.6 Å². The lowest BCUT2D eigenvalue weighted by Gasteiger charge is -2.30. The molecule has 3 N–H and O–H groups in total. The third-order valence-electron chi connectivity index (χ3n) is 4.82. The lowest BCUT2D eigenvalue weighted by Crippen LogP contribution is -2.48. The van der Waals surface area contributed by atoms with Crippen LogP contribution in [0.2, 0.25) is 0 Å². The summed E-state index contributed by atoms with van der Waals surface area (Å²) in [5.74, 6) is -0.0152. The predicted octanol–water partition coefficient (Wildman–Crippen LogP) is 0.855. The van der Waals surface area contributed by atoms with Gasteiger partial charge in [-0.25, -0.2) is 23.7 Å². The molecule has 0 saturated carbocycles. The summed E-state index contributed by atoms with van der Waals surface area (Å²) in [5, 5.41) is 24.3. The molecule has 1 fully saturated rings. The predicted molar refractivity (Wildman–Crippen MR) is 106 cm³/mol. The zero-order chi connectivity index (χ0) is 24.4. The van der Waals surface area contributed by atoms with Gasteiger partial charge in [0.1, 0.15) is 30.3 Å². The Kier molecular flexibility index (Phi) is 7.15. The summed E-state index contributed by atoms with van der Waals surface area (Å²) in [7, 11) is -3.23. The second-order valence-corrected chi connectivity index (χ2v) is 8.46. The number of nitrogens with zero attached hydrogens (tertiary/aromatic N) is 5. The van der Waals surface area contributed by atoms with Gasteiger partial charge in [-0.15, -0.1) is 0 Å². The molecule has 0 bridgehead atoms. The molecule has 33 heavy (non-hydrogen) atoms. The van der Waals surface area contributed by atoms with Crippen LogP contribution in [0.3, 0.4) is 0 Å². The van der Waals surface area contributed by atoms with Crippen LogP contribution in [0.1, 0.15) is 26.5 Å². The van der Waals surface area contributed by atoms with Crippen LogP contribution in [-0.2, 0) is 33.4 Å². The molecule has 0 aliphatic carbocycles. The number of fused-ring (bicyclic) bond motifs is 1. The van der Waals surface area contributed by atoms with Gasteiger partial charge in [0, 0.05) is 0 Å². The molecule has 1 saturated heterocycles. The number of imidazole rings is 1. The Bertz CT molecular complexity index is 1090. The summed E-state index contributed by atoms with van der Waals surface area (Å²) in [6.45, 7) is 2.86. The standard InChI is InChI=1S/C17H22FN6O8P/c1-9(2)31-15(26)28-8-30-33(27)29-5-10-12(25)16(3,18)17(6-19,32-10)11-4-21-14-13(20)22-7-23-24(11)14/h4,7,9-10,12,25,33H,5,8H2,1-3H3,(H2,20,22,23)/t10-,12-,16-,17+/m1/s1. The van der Waals surface area contributed by atoms with E-state index in [4.69, 9.17) is 24.3 Å². The maximum atomic E-state index is 15.7. The highest BCUT2D eigenvalue weighted by molar-refractivity contribution is 7.33. The fourth-order valence-electron chi connectivity index (χ4n) is 3.21. The summed E-state index contributed by atoms with van der Waals surface area (Å²) in [4.78, 5) is 19.0. The fourth-order valence-corrected chi connectivity index (χ4v) is 3.75. The number of anilines is 1. The van der Waals surface area contributed by atoms with Crippen molar-refractivity contribution in [3.63, 3.8) is 0 Å². The molecule has 0 spiro atoms. The molecular weight excluding hydrogens is 466 g/mol. The van der Waals surface area contributed by atoms with Gasteiger partial charge in [0.05, 0.1) is 18.9 Å². The van der Waals surface area contributed by atoms with E-state index in [-0.39, 0.29) is 17.2 Å². The molecular formula is C17H22FN6O8P. The second-order valence-electron chi connectivity index (χ2n) is 7.38. The number of halogens is 1. The van der Waals surface area contributed by atoms with Crippen LogP contribution in [-0.4, -0.2) is 68.2 Å². The van der Waals surface area contributed by atoms with Crippen molar-refractivity contribution in [3.8, 4) is 6.07 Å². The number of ether oxygens (including phenoxy) is 3. The molecule has 1 unspecified atom stereocenters. The Morgan fingerprint density at radius 3 is 2.88 bits per heavy atom. The van der Waals surface area contributed by atoms with Gasteiger partial charge in [0.15, 0.2) is 17.1 Å². The van der Waals surface area contributed by atoms with E-state index < -0.39 is 57.4 Å². The molecule has 0 amide bonds. The molecule has 2 aromatic heterocycles. The highest BCUT2D eigenvalue weighted by atomic mass is 31.1. The van der Waals surface area contributed by atoms with Gasteiger partial charge in [-0.1, -0.05) is 0 Å². The Morgan fingerprint density at radius 1 is 1.48 bits per heavy atom. The van der Waals surface area contributed by atoms with E-state index in [0.29, 0.717) is 0 Å². The largest absolute Gasteiger partial charge is 0.510 e. The molecule has 2 aromatic rings. The number of alkyl halides is 1. The minimum atomic E-state index is -3.23. The molecule has 1 aliphatic rings. The molecule has 3 rings (SSSR count). The molecule has 16 heteroatoms. The second kappa shape index (κ2) is 9.54. The third-order valence-corrected chi connectivity index (χ3v) is 5.58. The maximum absolute atomic E-state index is 15.7. The van der Waals surface area contributed by atoms with Gasteiger partial charge in [0.2, 0.25) is 12.4 Å². The average molecular weight is 488 g/mol. The van der Waals surface area contributed by atoms with E-state index in [1.54, 1.807) is 19.9 Å². The topological polar surface area (TPSA) is 193 Å². The van der Waals surface area contributed by atoms with Crippen LogP contribution in [0.4, 0.5) is 15.0 Å². The SMILES string of the molecule is CC(C)OC(=O)OCO[PH](=O)OC[C@H]1O[C@@](C#N)(c2cnc3c(N)ncnn23)[C@](C)(F)[C@@H]1O. The summed E-state index contributed by atoms with van der Waals surface area (Å²) in [6.07, 6.45) is -2.51. The minimum absolute atomic E-state index is 0.0152. The number of aliphatic hydroxyl groups excluding tert-OH is 1. The molecule has 5 atom stereocenters. The number of carbonyl (C=O) groups excluding carboxylic acids is 1. The van der Waals surface area contributed by atoms with Crippen molar-refractivity contribution in [3.05, 3.63) is 18.2 Å². The van der Waals surface area contributed by atoms with E-state index in [1.165, 1.54) is 0 Å².